The maximum Gasteiger partial charge on any atom is 0.150 e. The zero-order valence-corrected chi connectivity index (χ0v) is 11.7. The second-order valence-corrected chi connectivity index (χ2v) is 5.39. The highest BCUT2D eigenvalue weighted by atomic mass is 19.1. The summed E-state index contributed by atoms with van der Waals surface area (Å²) in [4.78, 5) is 4.18. The Morgan fingerprint density at radius 1 is 1.45 bits per heavy atom. The molecular formula is C15H20FN3O. The highest BCUT2D eigenvalue weighted by Crippen LogP contribution is 2.29. The summed E-state index contributed by atoms with van der Waals surface area (Å²) in [5.74, 6) is -0.0663. The molecule has 0 aliphatic heterocycles. The second-order valence-electron chi connectivity index (χ2n) is 5.39. The van der Waals surface area contributed by atoms with Gasteiger partial charge in [-0.05, 0) is 30.5 Å². The molecule has 0 saturated carbocycles. The van der Waals surface area contributed by atoms with Crippen molar-refractivity contribution in [3.8, 4) is 0 Å². The third-order valence-corrected chi connectivity index (χ3v) is 3.13. The zero-order chi connectivity index (χ0) is 14.7. The first kappa shape index (κ1) is 14.5. The van der Waals surface area contributed by atoms with E-state index in [1.807, 2.05) is 13.8 Å². The van der Waals surface area contributed by atoms with Crippen LogP contribution in [0.5, 0.6) is 0 Å². The van der Waals surface area contributed by atoms with E-state index in [2.05, 4.69) is 10.3 Å². The summed E-state index contributed by atoms with van der Waals surface area (Å²) in [7, 11) is 0. The number of hydrogen-bond acceptors (Lipinski definition) is 4. The average molecular weight is 277 g/mol. The van der Waals surface area contributed by atoms with Gasteiger partial charge >= 0.3 is 0 Å². The fourth-order valence-electron chi connectivity index (χ4n) is 2.25. The van der Waals surface area contributed by atoms with Gasteiger partial charge in [-0.1, -0.05) is 13.8 Å². The summed E-state index contributed by atoms with van der Waals surface area (Å²) < 4.78 is 14.0. The topological polar surface area (TPSA) is 71.2 Å². The number of rotatable bonds is 5. The standard InChI is InChI=1S/C15H20FN3O/c1-9(2)6-10(20)8-19-15-12(16)7-13(17)11-4-3-5-18-14(11)15/h3-5,7,9-10,19-20H,6,8,17H2,1-2H3. The molecule has 5 heteroatoms. The minimum Gasteiger partial charge on any atom is -0.398 e. The minimum absolute atomic E-state index is 0.282. The molecule has 0 bridgehead atoms. The molecule has 0 amide bonds. The molecule has 2 rings (SSSR count). The number of nitrogens with zero attached hydrogens (tertiary/aromatic N) is 1. The van der Waals surface area contributed by atoms with Crippen LogP contribution in [0.2, 0.25) is 0 Å². The molecule has 4 nitrogen and oxygen atoms in total. The third kappa shape index (κ3) is 3.17. The molecule has 1 heterocycles. The minimum atomic E-state index is -0.522. The van der Waals surface area contributed by atoms with Gasteiger partial charge in [0.25, 0.3) is 0 Å². The third-order valence-electron chi connectivity index (χ3n) is 3.13. The summed E-state index contributed by atoms with van der Waals surface area (Å²) >= 11 is 0. The molecule has 0 aliphatic carbocycles. The molecule has 0 spiro atoms. The van der Waals surface area contributed by atoms with Crippen molar-refractivity contribution in [3.05, 3.63) is 30.2 Å². The van der Waals surface area contributed by atoms with E-state index in [-0.39, 0.29) is 12.2 Å². The van der Waals surface area contributed by atoms with E-state index in [9.17, 15) is 9.50 Å². The Morgan fingerprint density at radius 3 is 2.90 bits per heavy atom. The molecule has 20 heavy (non-hydrogen) atoms. The first-order valence-corrected chi connectivity index (χ1v) is 6.73. The van der Waals surface area contributed by atoms with E-state index in [1.54, 1.807) is 18.3 Å². The molecule has 4 N–H and O–H groups in total. The maximum atomic E-state index is 14.0. The molecule has 1 aromatic heterocycles. The van der Waals surface area contributed by atoms with Gasteiger partial charge in [-0.15, -0.1) is 0 Å². The quantitative estimate of drug-likeness (QED) is 0.735. The van der Waals surface area contributed by atoms with Gasteiger partial charge in [0.15, 0.2) is 5.82 Å². The number of anilines is 2. The van der Waals surface area contributed by atoms with Gasteiger partial charge < -0.3 is 16.2 Å². The van der Waals surface area contributed by atoms with Gasteiger partial charge in [-0.25, -0.2) is 4.39 Å². The molecule has 2 aromatic rings. The van der Waals surface area contributed by atoms with Gasteiger partial charge in [0.05, 0.1) is 17.3 Å². The highest BCUT2D eigenvalue weighted by Gasteiger charge is 2.13. The summed E-state index contributed by atoms with van der Waals surface area (Å²) in [5.41, 5.74) is 6.93. The maximum absolute atomic E-state index is 14.0. The predicted octanol–water partition coefficient (Wildman–Crippen LogP) is 2.78. The largest absolute Gasteiger partial charge is 0.398 e. The van der Waals surface area contributed by atoms with Crippen LogP contribution in [-0.2, 0) is 0 Å². The highest BCUT2D eigenvalue weighted by molar-refractivity contribution is 5.98. The number of nitrogens with one attached hydrogen (secondary N) is 1. The Kier molecular flexibility index (Phi) is 4.39. The molecule has 0 fully saturated rings. The summed E-state index contributed by atoms with van der Waals surface area (Å²) in [6, 6.07) is 4.84. The van der Waals surface area contributed by atoms with Gasteiger partial charge in [0.1, 0.15) is 0 Å². The number of fused-ring (bicyclic) bond motifs is 1. The molecule has 0 radical (unpaired) electrons. The number of nitrogen functional groups attached to an aromatic ring is 1. The van der Waals surface area contributed by atoms with Crippen LogP contribution in [0.1, 0.15) is 20.3 Å². The summed E-state index contributed by atoms with van der Waals surface area (Å²) in [5, 5.41) is 13.5. The first-order chi connectivity index (χ1) is 9.49. The summed E-state index contributed by atoms with van der Waals surface area (Å²) in [6.45, 7) is 4.35. The van der Waals surface area contributed by atoms with Gasteiger partial charge in [-0.3, -0.25) is 4.98 Å². The number of aliphatic hydroxyl groups is 1. The molecule has 1 aromatic carbocycles. The lowest BCUT2D eigenvalue weighted by molar-refractivity contribution is 0.161. The van der Waals surface area contributed by atoms with Crippen LogP contribution in [0.15, 0.2) is 24.4 Å². The second kappa shape index (κ2) is 6.05. The van der Waals surface area contributed by atoms with Crippen LogP contribution < -0.4 is 11.1 Å². The Morgan fingerprint density at radius 2 is 2.20 bits per heavy atom. The van der Waals surface area contributed by atoms with E-state index in [1.165, 1.54) is 6.07 Å². The Hall–Kier alpha value is -1.88. The monoisotopic (exact) mass is 277 g/mol. The van der Waals surface area contributed by atoms with Crippen molar-refractivity contribution in [2.24, 2.45) is 5.92 Å². The molecular weight excluding hydrogens is 257 g/mol. The van der Waals surface area contributed by atoms with Gasteiger partial charge in [0.2, 0.25) is 0 Å². The van der Waals surface area contributed by atoms with Crippen LogP contribution >= 0.6 is 0 Å². The Balaban J connectivity index is 2.26. The molecule has 1 atom stereocenters. The Labute approximate surface area is 117 Å². The lowest BCUT2D eigenvalue weighted by atomic mass is 10.1. The number of benzene rings is 1. The zero-order valence-electron chi connectivity index (χ0n) is 11.7. The van der Waals surface area contributed by atoms with E-state index < -0.39 is 11.9 Å². The van der Waals surface area contributed by atoms with E-state index >= 15 is 0 Å². The van der Waals surface area contributed by atoms with Crippen LogP contribution in [0.3, 0.4) is 0 Å². The normalized spacial score (nSPS) is 12.8. The number of aliphatic hydroxyl groups excluding tert-OH is 1. The van der Waals surface area contributed by atoms with Crippen LogP contribution in [-0.4, -0.2) is 22.7 Å². The van der Waals surface area contributed by atoms with Crippen molar-refractivity contribution < 1.29 is 9.50 Å². The predicted molar refractivity (Wildman–Crippen MR) is 80.1 cm³/mol. The smallest absolute Gasteiger partial charge is 0.150 e. The first-order valence-electron chi connectivity index (χ1n) is 6.73. The number of hydrogen-bond donors (Lipinski definition) is 3. The van der Waals surface area contributed by atoms with Gasteiger partial charge in [0, 0.05) is 23.8 Å². The summed E-state index contributed by atoms with van der Waals surface area (Å²) in [6.07, 6.45) is 1.73. The molecule has 108 valence electrons. The molecule has 0 saturated heterocycles. The van der Waals surface area contributed by atoms with Crippen LogP contribution in [0.4, 0.5) is 15.8 Å². The van der Waals surface area contributed by atoms with Crippen molar-refractivity contribution in [3.63, 3.8) is 0 Å². The van der Waals surface area contributed by atoms with Crippen molar-refractivity contribution >= 4 is 22.3 Å². The SMILES string of the molecule is CC(C)CC(O)CNc1c(F)cc(N)c2cccnc12. The van der Waals surface area contributed by atoms with Crippen LogP contribution in [0, 0.1) is 11.7 Å². The lowest BCUT2D eigenvalue weighted by Gasteiger charge is -2.16. The number of nitrogens with two attached hydrogens (primary N) is 1. The molecule has 1 unspecified atom stereocenters. The van der Waals surface area contributed by atoms with Crippen molar-refractivity contribution in [2.75, 3.05) is 17.6 Å². The average Bonchev–Trinajstić information content (AvgIpc) is 2.37. The number of pyridine rings is 1. The number of halogens is 1. The van der Waals surface area contributed by atoms with E-state index in [0.717, 1.165) is 0 Å². The van der Waals surface area contributed by atoms with Crippen molar-refractivity contribution in [1.29, 1.82) is 0 Å². The van der Waals surface area contributed by atoms with Crippen molar-refractivity contribution in [1.82, 2.24) is 4.98 Å². The van der Waals surface area contributed by atoms with Gasteiger partial charge in [-0.2, -0.15) is 0 Å². The van der Waals surface area contributed by atoms with Crippen LogP contribution in [0.25, 0.3) is 10.9 Å². The Bertz CT molecular complexity index is 601. The van der Waals surface area contributed by atoms with E-state index in [0.29, 0.717) is 28.9 Å². The number of aromatic nitrogens is 1. The van der Waals surface area contributed by atoms with E-state index in [4.69, 9.17) is 5.73 Å². The fourth-order valence-corrected chi connectivity index (χ4v) is 2.25. The lowest BCUT2D eigenvalue weighted by Crippen LogP contribution is -2.22. The molecule has 0 aliphatic rings. The fraction of sp³-hybridized carbons (Fsp3) is 0.400. The van der Waals surface area contributed by atoms with Crippen molar-refractivity contribution in [2.45, 2.75) is 26.4 Å².